The van der Waals surface area contributed by atoms with Crippen LogP contribution >= 0.6 is 0 Å². The van der Waals surface area contributed by atoms with Gasteiger partial charge in [-0.15, -0.1) is 0 Å². The van der Waals surface area contributed by atoms with Crippen LogP contribution in [0.3, 0.4) is 0 Å². The summed E-state index contributed by atoms with van der Waals surface area (Å²) >= 11 is 0. The first-order chi connectivity index (χ1) is 15.5. The number of hydrogen-bond donors (Lipinski definition) is 1. The number of ether oxygens (including phenoxy) is 4. The molecule has 2 atom stereocenters. The van der Waals surface area contributed by atoms with Gasteiger partial charge in [-0.1, -0.05) is 12.1 Å². The van der Waals surface area contributed by atoms with Gasteiger partial charge in [0, 0.05) is 18.5 Å². The number of carbonyl (C=O) groups excluding carboxylic acids is 3. The highest BCUT2D eigenvalue weighted by molar-refractivity contribution is 5.99. The Labute approximate surface area is 185 Å². The predicted molar refractivity (Wildman–Crippen MR) is 112 cm³/mol. The zero-order chi connectivity index (χ0) is 22.8. The molecule has 1 fully saturated rings. The van der Waals surface area contributed by atoms with Gasteiger partial charge >= 0.3 is 5.97 Å². The highest BCUT2D eigenvalue weighted by atomic mass is 16.6. The van der Waals surface area contributed by atoms with Crippen molar-refractivity contribution in [3.63, 3.8) is 0 Å². The van der Waals surface area contributed by atoms with Crippen molar-refractivity contribution in [1.29, 1.82) is 0 Å². The molecule has 9 nitrogen and oxygen atoms in total. The van der Waals surface area contributed by atoms with Gasteiger partial charge in [-0.3, -0.25) is 14.5 Å². The van der Waals surface area contributed by atoms with Crippen molar-refractivity contribution in [2.24, 2.45) is 0 Å². The Balaban J connectivity index is 1.55. The Bertz CT molecular complexity index is 1050. The molecule has 9 heteroatoms. The summed E-state index contributed by atoms with van der Waals surface area (Å²) in [5.41, 5.74) is 1.56. The fourth-order valence-electron chi connectivity index (χ4n) is 4.09. The van der Waals surface area contributed by atoms with Crippen LogP contribution in [0.1, 0.15) is 40.6 Å². The summed E-state index contributed by atoms with van der Waals surface area (Å²) in [5.74, 6) is 0.154. The summed E-state index contributed by atoms with van der Waals surface area (Å²) in [6, 6.07) is 9.87. The minimum atomic E-state index is -0.996. The molecule has 0 aliphatic carbocycles. The molecule has 2 heterocycles. The second kappa shape index (κ2) is 8.78. The third-order valence-electron chi connectivity index (χ3n) is 5.70. The third kappa shape index (κ3) is 3.70. The number of nitrogens with one attached hydrogen (secondary N) is 1. The number of methoxy groups -OCH3 is 3. The van der Waals surface area contributed by atoms with Gasteiger partial charge in [0.15, 0.2) is 11.5 Å². The number of hydrogen-bond acceptors (Lipinski definition) is 7. The number of cyclic esters (lactones) is 1. The van der Waals surface area contributed by atoms with E-state index < -0.39 is 18.2 Å². The molecule has 1 N–H and O–H groups in total. The molecule has 32 heavy (non-hydrogen) atoms. The molecule has 1 saturated heterocycles. The van der Waals surface area contributed by atoms with Gasteiger partial charge in [0.2, 0.25) is 18.0 Å². The van der Waals surface area contributed by atoms with Gasteiger partial charge in [0.25, 0.3) is 0 Å². The Hall–Kier alpha value is -3.75. The average molecular weight is 440 g/mol. The number of amides is 2. The van der Waals surface area contributed by atoms with E-state index >= 15 is 0 Å². The van der Waals surface area contributed by atoms with E-state index in [4.69, 9.17) is 18.9 Å². The summed E-state index contributed by atoms with van der Waals surface area (Å²) in [5, 5.41) is 2.87. The first-order valence-electron chi connectivity index (χ1n) is 10.2. The molecule has 0 unspecified atom stereocenters. The van der Waals surface area contributed by atoms with Crippen LogP contribution in [-0.4, -0.2) is 50.1 Å². The quantitative estimate of drug-likeness (QED) is 0.658. The van der Waals surface area contributed by atoms with Crippen molar-refractivity contribution in [2.45, 2.75) is 31.7 Å². The topological polar surface area (TPSA) is 103 Å². The normalized spacial score (nSPS) is 19.4. The van der Waals surface area contributed by atoms with Crippen LogP contribution in [0.4, 0.5) is 0 Å². The van der Waals surface area contributed by atoms with Crippen LogP contribution in [0.25, 0.3) is 0 Å². The minimum Gasteiger partial charge on any atom is -0.497 e. The van der Waals surface area contributed by atoms with E-state index in [1.807, 2.05) is 24.3 Å². The Kier molecular flexibility index (Phi) is 5.89. The molecule has 4 rings (SSSR count). The summed E-state index contributed by atoms with van der Waals surface area (Å²) in [6.45, 7) is 0.299. The molecular formula is C23H24N2O7. The lowest BCUT2D eigenvalue weighted by atomic mass is 10.1. The molecule has 2 aromatic carbocycles. The van der Waals surface area contributed by atoms with E-state index in [1.54, 1.807) is 19.2 Å². The van der Waals surface area contributed by atoms with Crippen molar-refractivity contribution in [2.75, 3.05) is 21.3 Å². The summed E-state index contributed by atoms with van der Waals surface area (Å²) < 4.78 is 21.3. The molecule has 2 aliphatic rings. The van der Waals surface area contributed by atoms with E-state index in [0.717, 1.165) is 11.3 Å². The maximum Gasteiger partial charge on any atom is 0.344 e. The molecule has 0 saturated carbocycles. The SMILES string of the molecule is COc1ccc(CNC(=O)[C@@H]2CCC(=O)N2[C@@H]2OC(=O)c3c2ccc(OC)c3OC)cc1. The lowest BCUT2D eigenvalue weighted by molar-refractivity contribution is -0.145. The smallest absolute Gasteiger partial charge is 0.344 e. The van der Waals surface area contributed by atoms with Gasteiger partial charge in [0.1, 0.15) is 17.4 Å². The van der Waals surface area contributed by atoms with Crippen LogP contribution in [0.5, 0.6) is 17.2 Å². The summed E-state index contributed by atoms with van der Waals surface area (Å²) in [7, 11) is 4.48. The Morgan fingerprint density at radius 1 is 1.06 bits per heavy atom. The summed E-state index contributed by atoms with van der Waals surface area (Å²) in [4.78, 5) is 39.6. The monoisotopic (exact) mass is 440 g/mol. The van der Waals surface area contributed by atoms with E-state index in [0.29, 0.717) is 24.3 Å². The number of fused-ring (bicyclic) bond motifs is 1. The molecular weight excluding hydrogens is 416 g/mol. The second-order valence-electron chi connectivity index (χ2n) is 7.44. The van der Waals surface area contributed by atoms with Crippen LogP contribution < -0.4 is 19.5 Å². The zero-order valence-electron chi connectivity index (χ0n) is 18.0. The number of esters is 1. The largest absolute Gasteiger partial charge is 0.497 e. The van der Waals surface area contributed by atoms with Crippen LogP contribution in [0.2, 0.25) is 0 Å². The fraction of sp³-hybridized carbons (Fsp3) is 0.348. The van der Waals surface area contributed by atoms with Crippen LogP contribution in [0.15, 0.2) is 36.4 Å². The van der Waals surface area contributed by atoms with Crippen molar-refractivity contribution in [3.8, 4) is 17.2 Å². The molecule has 0 radical (unpaired) electrons. The number of carbonyl (C=O) groups is 3. The molecule has 2 amide bonds. The van der Waals surface area contributed by atoms with Crippen molar-refractivity contribution in [3.05, 3.63) is 53.1 Å². The fourth-order valence-corrected chi connectivity index (χ4v) is 4.09. The lowest BCUT2D eigenvalue weighted by Crippen LogP contribution is -2.46. The van der Waals surface area contributed by atoms with Gasteiger partial charge in [-0.2, -0.15) is 0 Å². The molecule has 2 aliphatic heterocycles. The van der Waals surface area contributed by atoms with Crippen molar-refractivity contribution in [1.82, 2.24) is 10.2 Å². The second-order valence-corrected chi connectivity index (χ2v) is 7.44. The van der Waals surface area contributed by atoms with Crippen LogP contribution in [-0.2, 0) is 20.9 Å². The van der Waals surface area contributed by atoms with E-state index in [1.165, 1.54) is 19.1 Å². The molecule has 2 aromatic rings. The van der Waals surface area contributed by atoms with E-state index in [-0.39, 0.29) is 29.5 Å². The van der Waals surface area contributed by atoms with Crippen molar-refractivity contribution >= 4 is 17.8 Å². The molecule has 0 spiro atoms. The van der Waals surface area contributed by atoms with Gasteiger partial charge in [-0.25, -0.2) is 4.79 Å². The standard InChI is InChI=1S/C23H24N2O7/c1-29-14-6-4-13(5-7-14)12-24-21(27)16-9-11-18(26)25(16)22-15-8-10-17(30-2)20(31-3)19(15)23(28)32-22/h4-8,10,16,22H,9,11-12H2,1-3H3,(H,24,27)/t16-,22+/m0/s1. The lowest BCUT2D eigenvalue weighted by Gasteiger charge is -2.29. The molecule has 0 bridgehead atoms. The van der Waals surface area contributed by atoms with Crippen LogP contribution in [0, 0.1) is 0 Å². The molecule has 0 aromatic heterocycles. The highest BCUT2D eigenvalue weighted by Gasteiger charge is 2.47. The maximum atomic E-state index is 13.0. The predicted octanol–water partition coefficient (Wildman–Crippen LogP) is 2.19. The first-order valence-corrected chi connectivity index (χ1v) is 10.2. The number of likely N-dealkylation sites (tertiary alicyclic amines) is 1. The summed E-state index contributed by atoms with van der Waals surface area (Å²) in [6.07, 6.45) is -0.467. The Morgan fingerprint density at radius 3 is 2.47 bits per heavy atom. The van der Waals surface area contributed by atoms with Gasteiger partial charge < -0.3 is 24.3 Å². The highest BCUT2D eigenvalue weighted by Crippen LogP contribution is 2.45. The average Bonchev–Trinajstić information content (AvgIpc) is 3.36. The number of nitrogens with zero attached hydrogens (tertiary/aromatic N) is 1. The minimum absolute atomic E-state index is 0.192. The first kappa shape index (κ1) is 21.5. The van der Waals surface area contributed by atoms with E-state index in [2.05, 4.69) is 5.32 Å². The van der Waals surface area contributed by atoms with Gasteiger partial charge in [0.05, 0.1) is 21.3 Å². The Morgan fingerprint density at radius 2 is 1.81 bits per heavy atom. The maximum absolute atomic E-state index is 13.0. The van der Waals surface area contributed by atoms with Gasteiger partial charge in [-0.05, 0) is 36.2 Å². The number of rotatable bonds is 7. The molecule has 168 valence electrons. The van der Waals surface area contributed by atoms with Crippen molar-refractivity contribution < 1.29 is 33.3 Å². The number of benzene rings is 2. The van der Waals surface area contributed by atoms with E-state index in [9.17, 15) is 14.4 Å². The third-order valence-corrected chi connectivity index (χ3v) is 5.70. The zero-order valence-corrected chi connectivity index (χ0v) is 18.0.